The molecule has 8 heteroatoms. The zero-order chi connectivity index (χ0) is 18.6. The van der Waals surface area contributed by atoms with Crippen LogP contribution in [0.15, 0.2) is 63.6 Å². The molecule has 2 aromatic carbocycles. The molecular formula is C19H17BrN4O2S. The van der Waals surface area contributed by atoms with E-state index in [9.17, 15) is 4.79 Å². The van der Waals surface area contributed by atoms with Crippen LogP contribution in [0, 0.1) is 0 Å². The Hall–Kier alpha value is -2.16. The zero-order valence-corrected chi connectivity index (χ0v) is 16.7. The lowest BCUT2D eigenvalue weighted by Gasteiger charge is -2.31. The van der Waals surface area contributed by atoms with Crippen molar-refractivity contribution >= 4 is 33.6 Å². The Morgan fingerprint density at radius 3 is 2.85 bits per heavy atom. The number of aromatic nitrogens is 2. The van der Waals surface area contributed by atoms with Crippen LogP contribution in [0.25, 0.3) is 11.4 Å². The number of thioether (sulfide) groups is 1. The van der Waals surface area contributed by atoms with E-state index >= 15 is 0 Å². The summed E-state index contributed by atoms with van der Waals surface area (Å²) < 4.78 is 6.31. The molecule has 2 N–H and O–H groups in total. The van der Waals surface area contributed by atoms with E-state index in [1.54, 1.807) is 0 Å². The maximum absolute atomic E-state index is 12.1. The third kappa shape index (κ3) is 4.58. The van der Waals surface area contributed by atoms with E-state index in [-0.39, 0.29) is 17.4 Å². The SMILES string of the molecule is O=C1CC(c2ccccc2)NC(SCc2nc(-c3cccc(Br)c3)no2)N1. The predicted octanol–water partition coefficient (Wildman–Crippen LogP) is 3.87. The van der Waals surface area contributed by atoms with E-state index in [4.69, 9.17) is 4.52 Å². The second-order valence-corrected chi connectivity index (χ2v) is 8.12. The minimum Gasteiger partial charge on any atom is -0.338 e. The lowest BCUT2D eigenvalue weighted by molar-refractivity contribution is -0.123. The Morgan fingerprint density at radius 1 is 1.19 bits per heavy atom. The Balaban J connectivity index is 1.39. The Morgan fingerprint density at radius 2 is 2.04 bits per heavy atom. The molecule has 1 aliphatic heterocycles. The van der Waals surface area contributed by atoms with Gasteiger partial charge in [0.2, 0.25) is 17.6 Å². The van der Waals surface area contributed by atoms with E-state index in [1.165, 1.54) is 11.8 Å². The monoisotopic (exact) mass is 444 g/mol. The smallest absolute Gasteiger partial charge is 0.237 e. The number of rotatable bonds is 5. The summed E-state index contributed by atoms with van der Waals surface area (Å²) in [6.07, 6.45) is 0.425. The fourth-order valence-electron chi connectivity index (χ4n) is 2.88. The quantitative estimate of drug-likeness (QED) is 0.621. The highest BCUT2D eigenvalue weighted by Gasteiger charge is 2.27. The molecule has 1 saturated heterocycles. The van der Waals surface area contributed by atoms with Gasteiger partial charge in [0.05, 0.1) is 5.75 Å². The molecule has 6 nitrogen and oxygen atoms in total. The molecular weight excluding hydrogens is 428 g/mol. The van der Waals surface area contributed by atoms with Crippen LogP contribution in [-0.4, -0.2) is 21.5 Å². The number of benzene rings is 2. The lowest BCUT2D eigenvalue weighted by Crippen LogP contribution is -2.50. The highest BCUT2D eigenvalue weighted by atomic mass is 79.9. The molecule has 27 heavy (non-hydrogen) atoms. The Bertz CT molecular complexity index is 934. The molecule has 1 aromatic heterocycles. The number of halogens is 1. The van der Waals surface area contributed by atoms with Crippen molar-refractivity contribution in [2.45, 2.75) is 23.7 Å². The summed E-state index contributed by atoms with van der Waals surface area (Å²) in [5.74, 6) is 1.60. The first-order chi connectivity index (χ1) is 13.2. The van der Waals surface area contributed by atoms with Gasteiger partial charge in [-0.05, 0) is 17.7 Å². The topological polar surface area (TPSA) is 80.1 Å². The van der Waals surface area contributed by atoms with Crippen LogP contribution in [-0.2, 0) is 10.5 Å². The Labute approximate surface area is 169 Å². The Kier molecular flexibility index (Phi) is 5.56. The van der Waals surface area contributed by atoms with E-state index in [0.717, 1.165) is 15.6 Å². The number of carbonyl (C=O) groups excluding carboxylic acids is 1. The van der Waals surface area contributed by atoms with Crippen molar-refractivity contribution in [2.24, 2.45) is 0 Å². The molecule has 0 spiro atoms. The van der Waals surface area contributed by atoms with Crippen LogP contribution >= 0.6 is 27.7 Å². The van der Waals surface area contributed by atoms with Crippen molar-refractivity contribution < 1.29 is 9.32 Å². The fraction of sp³-hybridized carbons (Fsp3) is 0.211. The van der Waals surface area contributed by atoms with Crippen molar-refractivity contribution in [3.8, 4) is 11.4 Å². The summed E-state index contributed by atoms with van der Waals surface area (Å²) in [5.41, 5.74) is 1.78. The first-order valence-corrected chi connectivity index (χ1v) is 10.3. The van der Waals surface area contributed by atoms with Gasteiger partial charge in [0.15, 0.2) is 0 Å². The number of amides is 1. The highest BCUT2D eigenvalue weighted by molar-refractivity contribution is 9.10. The molecule has 3 aromatic rings. The minimum atomic E-state index is -0.210. The average Bonchev–Trinajstić information content (AvgIpc) is 3.16. The first-order valence-electron chi connectivity index (χ1n) is 8.48. The zero-order valence-electron chi connectivity index (χ0n) is 14.3. The molecule has 0 bridgehead atoms. The number of carbonyl (C=O) groups is 1. The molecule has 1 fully saturated rings. The van der Waals surface area contributed by atoms with Crippen LogP contribution in [0.3, 0.4) is 0 Å². The lowest BCUT2D eigenvalue weighted by atomic mass is 10.0. The fourth-order valence-corrected chi connectivity index (χ4v) is 4.18. The standard InChI is InChI=1S/C19H17BrN4O2S/c20-14-8-4-7-13(9-14)18-23-17(26-24-18)11-27-19-21-15(10-16(25)22-19)12-5-2-1-3-6-12/h1-9,15,19,21H,10-11H2,(H,22,25). The van der Waals surface area contributed by atoms with E-state index in [0.29, 0.717) is 23.9 Å². The van der Waals surface area contributed by atoms with Crippen LogP contribution in [0.5, 0.6) is 0 Å². The third-order valence-corrected chi connectivity index (χ3v) is 5.65. The van der Waals surface area contributed by atoms with Crippen molar-refractivity contribution in [3.63, 3.8) is 0 Å². The van der Waals surface area contributed by atoms with Gasteiger partial charge in [0.1, 0.15) is 5.50 Å². The summed E-state index contributed by atoms with van der Waals surface area (Å²) in [6.45, 7) is 0. The molecule has 2 atom stereocenters. The molecule has 0 radical (unpaired) electrons. The summed E-state index contributed by atoms with van der Waals surface area (Å²) in [4.78, 5) is 16.5. The van der Waals surface area contributed by atoms with Crippen molar-refractivity contribution in [2.75, 3.05) is 0 Å². The van der Waals surface area contributed by atoms with Crippen LogP contribution in [0.4, 0.5) is 0 Å². The van der Waals surface area contributed by atoms with Crippen molar-refractivity contribution in [3.05, 3.63) is 70.5 Å². The third-order valence-electron chi connectivity index (χ3n) is 4.16. The molecule has 1 aliphatic rings. The van der Waals surface area contributed by atoms with Gasteiger partial charge in [0, 0.05) is 22.5 Å². The van der Waals surface area contributed by atoms with Gasteiger partial charge in [-0.3, -0.25) is 10.1 Å². The summed E-state index contributed by atoms with van der Waals surface area (Å²) in [7, 11) is 0. The predicted molar refractivity (Wildman–Crippen MR) is 108 cm³/mol. The van der Waals surface area contributed by atoms with Crippen LogP contribution in [0.1, 0.15) is 23.9 Å². The largest absolute Gasteiger partial charge is 0.338 e. The van der Waals surface area contributed by atoms with Gasteiger partial charge in [-0.25, -0.2) is 0 Å². The van der Waals surface area contributed by atoms with Crippen LogP contribution in [0.2, 0.25) is 0 Å². The molecule has 0 saturated carbocycles. The maximum Gasteiger partial charge on any atom is 0.237 e. The molecule has 1 amide bonds. The van der Waals surface area contributed by atoms with Gasteiger partial charge in [-0.2, -0.15) is 4.98 Å². The molecule has 138 valence electrons. The summed E-state index contributed by atoms with van der Waals surface area (Å²) >= 11 is 4.96. The average molecular weight is 445 g/mol. The normalized spacial score (nSPS) is 19.7. The number of hydrogen-bond donors (Lipinski definition) is 2. The van der Waals surface area contributed by atoms with Gasteiger partial charge in [-0.1, -0.05) is 63.6 Å². The summed E-state index contributed by atoms with van der Waals surface area (Å²) in [6, 6.07) is 17.7. The molecule has 4 rings (SSSR count). The van der Waals surface area contributed by atoms with Gasteiger partial charge < -0.3 is 9.84 Å². The minimum absolute atomic E-state index is 0.00244. The second-order valence-electron chi connectivity index (χ2n) is 6.11. The van der Waals surface area contributed by atoms with Gasteiger partial charge in [0.25, 0.3) is 0 Å². The van der Waals surface area contributed by atoms with Crippen molar-refractivity contribution in [1.82, 2.24) is 20.8 Å². The number of nitrogens with zero attached hydrogens (tertiary/aromatic N) is 2. The van der Waals surface area contributed by atoms with E-state index in [1.807, 2.05) is 54.6 Å². The number of nitrogens with one attached hydrogen (secondary N) is 2. The second kappa shape index (κ2) is 8.24. The molecule has 0 aliphatic carbocycles. The van der Waals surface area contributed by atoms with Crippen molar-refractivity contribution in [1.29, 1.82) is 0 Å². The summed E-state index contributed by atoms with van der Waals surface area (Å²) in [5, 5.41) is 10.4. The highest BCUT2D eigenvalue weighted by Crippen LogP contribution is 2.26. The van der Waals surface area contributed by atoms with Crippen LogP contribution < -0.4 is 10.6 Å². The molecule has 2 heterocycles. The molecule has 2 unspecified atom stereocenters. The maximum atomic E-state index is 12.1. The van der Waals surface area contributed by atoms with E-state index < -0.39 is 0 Å². The van der Waals surface area contributed by atoms with Gasteiger partial charge >= 0.3 is 0 Å². The van der Waals surface area contributed by atoms with Gasteiger partial charge in [-0.15, -0.1) is 11.8 Å². The first kappa shape index (κ1) is 18.2. The number of hydrogen-bond acceptors (Lipinski definition) is 6. The van der Waals surface area contributed by atoms with E-state index in [2.05, 4.69) is 36.7 Å².